The molecule has 47 heteroatoms. The van der Waals surface area contributed by atoms with Crippen LogP contribution in [-0.2, 0) is 159 Å². The Bertz CT molecular complexity index is 2600. The summed E-state index contributed by atoms with van der Waals surface area (Å²) in [6.07, 6.45) is -13.0. The quantitative estimate of drug-likeness (QED) is 0.0182. The van der Waals surface area contributed by atoms with E-state index in [9.17, 15) is 70.3 Å². The van der Waals surface area contributed by atoms with Gasteiger partial charge in [-0.05, 0) is 29.2 Å². The Labute approximate surface area is 668 Å². The molecule has 3 fully saturated rings. The van der Waals surface area contributed by atoms with E-state index in [2.05, 4.69) is 12.2 Å². The molecule has 3 aliphatic rings. The molecule has 0 spiro atoms. The van der Waals surface area contributed by atoms with Crippen LogP contribution in [0.4, 0.5) is 4.79 Å². The monoisotopic (exact) mass is 1760 g/mol. The minimum absolute atomic E-state index is 0.0215. The number of hydrogen-bond acceptors (Lipinski definition) is 40. The third kappa shape index (κ3) is 44.2. The molecule has 4 rings (SSSR count). The van der Waals surface area contributed by atoms with E-state index in [0.717, 1.165) is 0 Å². The summed E-state index contributed by atoms with van der Waals surface area (Å²) in [4.78, 5) is 55.3. The summed E-state index contributed by atoms with van der Waals surface area (Å²) < 4.78 is 140. The van der Waals surface area contributed by atoms with Crippen LogP contribution in [0.25, 0.3) is 0 Å². The molecule has 3 heterocycles. The number of benzene rings is 1. The first-order chi connectivity index (χ1) is 53.1. The normalized spacial score (nSPS) is 26.9. The molecule has 111 heavy (non-hydrogen) atoms. The van der Waals surface area contributed by atoms with E-state index >= 15 is 0 Å². The number of carbonyl (C=O) groups is 1. The number of aliphatic hydroxyl groups excluding tert-OH is 9. The van der Waals surface area contributed by atoms with Crippen LogP contribution in [0.5, 0.6) is 0 Å². The average Bonchev–Trinajstić information content (AvgIpc) is 0.837. The van der Waals surface area contributed by atoms with E-state index in [1.165, 1.54) is 0 Å². The van der Waals surface area contributed by atoms with Crippen LogP contribution < -0.4 is 0 Å². The number of rotatable bonds is 67. The number of ether oxygens (including phenoxy) is 17. The van der Waals surface area contributed by atoms with E-state index in [4.69, 9.17) is 152 Å². The van der Waals surface area contributed by atoms with Crippen molar-refractivity contribution >= 4 is 81.1 Å². The van der Waals surface area contributed by atoms with Gasteiger partial charge in [-0.3, -0.25) is 4.52 Å². The first-order valence-corrected chi connectivity index (χ1v) is 47.2. The van der Waals surface area contributed by atoms with Gasteiger partial charge in [0.25, 0.3) is 0 Å². The summed E-state index contributed by atoms with van der Waals surface area (Å²) >= 11 is 19.7. The molecule has 18 atom stereocenters. The van der Waals surface area contributed by atoms with Crippen LogP contribution >= 0.6 is 39.5 Å². The average molecular weight is 1770 g/mol. The molecule has 0 saturated carbocycles. The summed E-state index contributed by atoms with van der Waals surface area (Å²) in [6, 6.07) is 8.78. The van der Waals surface area contributed by atoms with Gasteiger partial charge in [-0.2, -0.15) is 0 Å². The number of hydrogen-bond donors (Lipinski definition) is 14. The Kier molecular flexibility index (Phi) is 54.5. The van der Waals surface area contributed by atoms with Crippen molar-refractivity contribution in [2.45, 2.75) is 127 Å². The minimum atomic E-state index is -4.08. The molecule has 654 valence electrons. The van der Waals surface area contributed by atoms with Gasteiger partial charge in [0.05, 0.1) is 117 Å². The van der Waals surface area contributed by atoms with Gasteiger partial charge in [0.15, 0.2) is 12.6 Å². The maximum absolute atomic E-state index is 12.4. The maximum atomic E-state index is 12.4. The van der Waals surface area contributed by atoms with Crippen LogP contribution in [0.2, 0.25) is 0 Å². The van der Waals surface area contributed by atoms with Crippen molar-refractivity contribution in [3.8, 4) is 0 Å². The zero-order valence-corrected chi connectivity index (χ0v) is 69.9. The fraction of sp³-hybridized carbons (Fsp3) is 0.891. The van der Waals surface area contributed by atoms with Crippen LogP contribution in [0, 0.1) is 23.2 Å². The van der Waals surface area contributed by atoms with Crippen LogP contribution in [-0.4, -0.2) is 364 Å². The first kappa shape index (κ1) is 103. The van der Waals surface area contributed by atoms with E-state index in [-0.39, 0.29) is 230 Å². The molecule has 13 N–H and O–H groups in total. The molecule has 0 amide bonds. The summed E-state index contributed by atoms with van der Waals surface area (Å²) in [7, 11) is -3.93. The van der Waals surface area contributed by atoms with E-state index in [1.54, 1.807) is 51.1 Å². The number of aliphatic hydroxyl groups is 9. The van der Waals surface area contributed by atoms with Crippen LogP contribution in [0.3, 0.4) is 0 Å². The van der Waals surface area contributed by atoms with Gasteiger partial charge < -0.3 is 126 Å². The Morgan fingerprint density at radius 2 is 0.712 bits per heavy atom. The number of thiol groups is 1. The fourth-order valence-electron chi connectivity index (χ4n) is 10.3. The molecule has 3 saturated heterocycles. The second-order valence-corrected chi connectivity index (χ2v) is 37.3. The Morgan fingerprint density at radius 1 is 0.414 bits per heavy atom. The smallest absolute Gasteiger partial charge is 0.394 e. The van der Waals surface area contributed by atoms with Crippen LogP contribution in [0.15, 0.2) is 30.3 Å². The van der Waals surface area contributed by atoms with Gasteiger partial charge in [-0.15, -0.1) is 0 Å². The van der Waals surface area contributed by atoms with Gasteiger partial charge in [-0.25, -0.2) is 4.79 Å². The standard InChI is InChI=1S/C64H120O39P4S4/c1-47-54(68)57(71)51(39-65)100-60(47)89-33-27-79-21-24-82-30-36-97-104(75,108)93-17-7-13-85-43-64(46-88-16-10-20-96-107(78,111)103-63(74)92-42-50-11-5-4-6-12-50,44-86-14-8-18-94-105(76,109)98-37-31-83-25-22-80-28-34-90-61-48(2)55(69)58(72)52(40-66)101-61)45-87-15-9-19-95-106(77,110)99-38-32-84-26-23-81-29-35-91-62-49(3)56(70)59(73)53(41-67)102-62/h4-6,11-12,47-49,51-62,65-73,75,104,108H,7-10,13-46H2,1-3H3,(H,76,109)(H,77,110)(H,78,111)/t47?,48?,49?,51?,52?,53?,54-,55-,56-,57-,58-,59-,60-,61-,62-,64?,105?,106?,107?/m1/s1. The molecule has 9 unspecified atom stereocenters. The van der Waals surface area contributed by atoms with Gasteiger partial charge >= 0.3 is 260 Å². The van der Waals surface area contributed by atoms with Crippen molar-refractivity contribution in [3.63, 3.8) is 0 Å². The van der Waals surface area contributed by atoms with E-state index in [0.29, 0.717) is 5.56 Å². The second-order valence-electron chi connectivity index (χ2n) is 25.5. The topological polar surface area (TPSA) is 511 Å². The molecule has 1 aromatic carbocycles. The molecule has 39 nitrogen and oxygen atoms in total. The molecular weight excluding hydrogens is 1640 g/mol. The van der Waals surface area contributed by atoms with Crippen molar-refractivity contribution < 1.29 is 187 Å². The molecular formula is C64H120O39P4S4. The number of carbonyl (C=O) groups excluding carboxylic acids is 1. The summed E-state index contributed by atoms with van der Waals surface area (Å²) in [5, 5.41) is 89.3. The molecule has 1 aromatic rings. The Morgan fingerprint density at radius 3 is 1.06 bits per heavy atom. The third-order valence-corrected chi connectivity index (χ3v) is 23.2. The van der Waals surface area contributed by atoms with E-state index < -0.39 is 150 Å². The van der Waals surface area contributed by atoms with Gasteiger partial charge in [0.1, 0.15) is 43.2 Å². The second kappa shape index (κ2) is 58.7. The summed E-state index contributed by atoms with van der Waals surface area (Å²) in [6.45, 7) is -6.64. The first-order valence-electron chi connectivity index (χ1n) is 36.4. The molecule has 0 radical (unpaired) electrons. The molecule has 0 bridgehead atoms. The van der Waals surface area contributed by atoms with Crippen molar-refractivity contribution in [3.05, 3.63) is 35.9 Å². The zero-order valence-electron chi connectivity index (χ0n) is 62.9. The third-order valence-electron chi connectivity index (χ3n) is 16.5. The SMILES string of the molecule is CC1[C@H](OCCOCCOCCOP(O)(=S)OCCCOCC(COCCCOP(O)(=S)OCCOCCOCCO[C@@H]2OC(CO)[C@@H](O)[C@H](O)C2C)(COCCCOP(O)(=S)OC(=O)OCc2ccccc2)COCCCO[PH](O)(S)OCCOCCOCCO[C@@H]2OC(CO)[C@@H](O)[C@H](O)C2C)OC(CO)[C@@H](O)[C@@H]1O. The Hall–Kier alpha value is -0.220. The fourth-order valence-corrected chi connectivity index (χ4v) is 15.1. The van der Waals surface area contributed by atoms with Crippen molar-refractivity contribution in [2.75, 3.05) is 218 Å². The predicted molar refractivity (Wildman–Crippen MR) is 406 cm³/mol. The van der Waals surface area contributed by atoms with Crippen LogP contribution in [0.1, 0.15) is 52.0 Å². The van der Waals surface area contributed by atoms with Crippen molar-refractivity contribution in [1.29, 1.82) is 0 Å². The Balaban J connectivity index is 1.26. The molecule has 0 aromatic heterocycles. The predicted octanol–water partition coefficient (Wildman–Crippen LogP) is 0.426. The summed E-state index contributed by atoms with van der Waals surface area (Å²) in [5.74, 6) is -1.64. The van der Waals surface area contributed by atoms with Gasteiger partial charge in [0.2, 0.25) is 0 Å². The van der Waals surface area contributed by atoms with Gasteiger partial charge in [0, 0.05) is 23.6 Å². The summed E-state index contributed by atoms with van der Waals surface area (Å²) in [5.41, 5.74) is -0.394. The van der Waals surface area contributed by atoms with Crippen molar-refractivity contribution in [2.24, 2.45) is 23.2 Å². The van der Waals surface area contributed by atoms with E-state index in [1.807, 2.05) is 0 Å². The zero-order chi connectivity index (χ0) is 81.4. The molecule has 3 aliphatic heterocycles. The van der Waals surface area contributed by atoms with Crippen molar-refractivity contribution in [1.82, 2.24) is 0 Å². The minimum Gasteiger partial charge on any atom is -0.394 e. The van der Waals surface area contributed by atoms with Gasteiger partial charge in [-0.1, -0.05) is 51.1 Å². The molecule has 0 aliphatic carbocycles.